The van der Waals surface area contributed by atoms with Crippen molar-refractivity contribution in [3.05, 3.63) is 157 Å². The molecule has 0 heterocycles. The van der Waals surface area contributed by atoms with Crippen molar-refractivity contribution in [3.63, 3.8) is 0 Å². The number of rotatable bonds is 24. The fourth-order valence-electron chi connectivity index (χ4n) is 5.07. The van der Waals surface area contributed by atoms with Gasteiger partial charge < -0.3 is 28.4 Å². The molecule has 12 heteroatoms. The van der Waals surface area contributed by atoms with E-state index in [1.165, 1.54) is 12.2 Å². The molecular formula is C48H48N2O10. The molecule has 0 saturated heterocycles. The molecule has 310 valence electrons. The van der Waals surface area contributed by atoms with Crippen LogP contribution in [0.25, 0.3) is 12.2 Å². The second-order valence-corrected chi connectivity index (χ2v) is 12.7. The van der Waals surface area contributed by atoms with Crippen LogP contribution in [0.15, 0.2) is 145 Å². The number of nitrogens with zero attached hydrogens (tertiary/aromatic N) is 2. The Labute approximate surface area is 350 Å². The van der Waals surface area contributed by atoms with Gasteiger partial charge in [0.05, 0.1) is 38.4 Å². The number of ether oxygens (including phenoxy) is 6. The molecule has 0 aliphatic rings. The maximum Gasteiger partial charge on any atom is 0.336 e. The van der Waals surface area contributed by atoms with Crippen molar-refractivity contribution in [1.29, 1.82) is 0 Å². The SMILES string of the molecule is C=CC(=O)OCCCCOc1ccc(/C=C/C(=O)Oc2ccc(/C=N/N=C(\CC)c3ccc(OC(=O)/C=C/c4ccc(OCCCCOC(=O)C=C)cc4)cc3)cc2)cc1. The maximum absolute atomic E-state index is 12.5. The standard InChI is InChI=1S/C48H48N2O10/c1-4-44(39-19-27-43(28-20-39)60-48(54)30-18-37-13-23-41(24-14-37)56-32-8-10-34-58-46(52)6-3)50-49-35-38-15-25-42(26-16-38)59-47(53)29-17-36-11-21-40(22-12-36)55-31-7-9-33-57-45(51)5-2/h5-6,11-30,35H,2-4,7-10,31-34H2,1H3/b29-17+,30-18+,49-35+,50-44+. The molecule has 0 N–H and O–H groups in total. The van der Waals surface area contributed by atoms with Crippen molar-refractivity contribution in [3.8, 4) is 23.0 Å². The van der Waals surface area contributed by atoms with E-state index in [2.05, 4.69) is 23.4 Å². The number of hydrogen-bond acceptors (Lipinski definition) is 12. The Morgan fingerprint density at radius 1 is 0.517 bits per heavy atom. The van der Waals surface area contributed by atoms with Crippen molar-refractivity contribution in [2.75, 3.05) is 26.4 Å². The van der Waals surface area contributed by atoms with E-state index in [1.807, 2.05) is 67.6 Å². The quantitative estimate of drug-likeness (QED) is 0.0168. The summed E-state index contributed by atoms with van der Waals surface area (Å²) in [5, 5.41) is 8.63. The number of unbranched alkanes of at least 4 members (excludes halogenated alkanes) is 2. The van der Waals surface area contributed by atoms with Gasteiger partial charge in [-0.15, -0.1) is 0 Å². The predicted molar refractivity (Wildman–Crippen MR) is 231 cm³/mol. The minimum Gasteiger partial charge on any atom is -0.494 e. The minimum absolute atomic E-state index is 0.323. The highest BCUT2D eigenvalue weighted by Crippen LogP contribution is 2.18. The van der Waals surface area contributed by atoms with Crippen LogP contribution in [-0.2, 0) is 28.7 Å². The first kappa shape index (κ1) is 45.4. The lowest BCUT2D eigenvalue weighted by atomic mass is 10.1. The van der Waals surface area contributed by atoms with Crippen LogP contribution in [0.4, 0.5) is 0 Å². The van der Waals surface area contributed by atoms with E-state index in [-0.39, 0.29) is 0 Å². The molecule has 0 atom stereocenters. The molecule has 0 aromatic heterocycles. The lowest BCUT2D eigenvalue weighted by Crippen LogP contribution is -2.04. The van der Waals surface area contributed by atoms with Gasteiger partial charge in [0.15, 0.2) is 0 Å². The first-order chi connectivity index (χ1) is 29.2. The number of benzene rings is 4. The van der Waals surface area contributed by atoms with Crippen molar-refractivity contribution in [1.82, 2.24) is 0 Å². The summed E-state index contributed by atoms with van der Waals surface area (Å²) in [6, 6.07) is 28.5. The highest BCUT2D eigenvalue weighted by Gasteiger charge is 2.06. The van der Waals surface area contributed by atoms with Gasteiger partial charge >= 0.3 is 23.9 Å². The fourth-order valence-corrected chi connectivity index (χ4v) is 5.07. The highest BCUT2D eigenvalue weighted by atomic mass is 16.5. The number of hydrogen-bond donors (Lipinski definition) is 0. The summed E-state index contributed by atoms with van der Waals surface area (Å²) in [6.07, 6.45) is 13.4. The number of carbonyl (C=O) groups excluding carboxylic acids is 4. The van der Waals surface area contributed by atoms with Gasteiger partial charge in [0.1, 0.15) is 23.0 Å². The van der Waals surface area contributed by atoms with Crippen LogP contribution in [0.1, 0.15) is 61.3 Å². The molecule has 0 fully saturated rings. The molecule has 0 saturated carbocycles. The molecule has 60 heavy (non-hydrogen) atoms. The van der Waals surface area contributed by atoms with E-state index in [0.29, 0.717) is 68.7 Å². The Hall–Kier alpha value is -7.34. The van der Waals surface area contributed by atoms with E-state index in [1.54, 1.807) is 54.8 Å². The normalized spacial score (nSPS) is 11.3. The molecule has 4 rings (SSSR count). The first-order valence-electron chi connectivity index (χ1n) is 19.4. The zero-order valence-electron chi connectivity index (χ0n) is 33.5. The van der Waals surface area contributed by atoms with E-state index >= 15 is 0 Å². The van der Waals surface area contributed by atoms with E-state index in [4.69, 9.17) is 28.4 Å². The third kappa shape index (κ3) is 17.4. The van der Waals surface area contributed by atoms with Crippen LogP contribution >= 0.6 is 0 Å². The number of esters is 4. The third-order valence-corrected chi connectivity index (χ3v) is 8.25. The van der Waals surface area contributed by atoms with Crippen LogP contribution < -0.4 is 18.9 Å². The molecule has 0 bridgehead atoms. The Morgan fingerprint density at radius 2 is 0.917 bits per heavy atom. The van der Waals surface area contributed by atoms with Gasteiger partial charge in [-0.25, -0.2) is 19.2 Å². The molecular weight excluding hydrogens is 765 g/mol. The van der Waals surface area contributed by atoms with Crippen LogP contribution in [0.5, 0.6) is 23.0 Å². The third-order valence-electron chi connectivity index (χ3n) is 8.25. The summed E-state index contributed by atoms with van der Waals surface area (Å²) in [6.45, 7) is 10.3. The molecule has 4 aromatic carbocycles. The molecule has 4 aromatic rings. The Bertz CT molecular complexity index is 2140. The zero-order valence-corrected chi connectivity index (χ0v) is 33.5. The molecule has 12 nitrogen and oxygen atoms in total. The Morgan fingerprint density at radius 3 is 1.35 bits per heavy atom. The average molecular weight is 813 g/mol. The number of carbonyl (C=O) groups is 4. The topological polar surface area (TPSA) is 148 Å². The molecule has 0 radical (unpaired) electrons. The Balaban J connectivity index is 1.16. The summed E-state index contributed by atoms with van der Waals surface area (Å²) in [5.74, 6) is 0.260. The van der Waals surface area contributed by atoms with E-state index < -0.39 is 23.9 Å². The van der Waals surface area contributed by atoms with Crippen molar-refractivity contribution >= 4 is 48.0 Å². The van der Waals surface area contributed by atoms with E-state index in [9.17, 15) is 19.2 Å². The molecule has 0 spiro atoms. The van der Waals surface area contributed by atoms with Gasteiger partial charge in [-0.1, -0.05) is 44.3 Å². The smallest absolute Gasteiger partial charge is 0.336 e. The molecule has 0 amide bonds. The van der Waals surface area contributed by atoms with Crippen LogP contribution in [0.2, 0.25) is 0 Å². The maximum atomic E-state index is 12.5. The largest absolute Gasteiger partial charge is 0.494 e. The predicted octanol–water partition coefficient (Wildman–Crippen LogP) is 8.93. The Kier molecular flexibility index (Phi) is 19.5. The van der Waals surface area contributed by atoms with Crippen molar-refractivity contribution in [2.24, 2.45) is 10.2 Å². The van der Waals surface area contributed by atoms with Crippen molar-refractivity contribution < 1.29 is 47.6 Å². The van der Waals surface area contributed by atoms with Crippen molar-refractivity contribution in [2.45, 2.75) is 39.0 Å². The van der Waals surface area contributed by atoms with Gasteiger partial charge in [0, 0.05) is 24.3 Å². The van der Waals surface area contributed by atoms with Crippen LogP contribution in [-0.4, -0.2) is 62.2 Å². The molecule has 0 unspecified atom stereocenters. The van der Waals surface area contributed by atoms with Gasteiger partial charge in [0.25, 0.3) is 0 Å². The van der Waals surface area contributed by atoms with Crippen LogP contribution in [0.3, 0.4) is 0 Å². The average Bonchev–Trinajstić information content (AvgIpc) is 3.27. The van der Waals surface area contributed by atoms with Gasteiger partial charge in [-0.3, -0.25) is 0 Å². The van der Waals surface area contributed by atoms with E-state index in [0.717, 1.165) is 53.0 Å². The molecule has 0 aliphatic carbocycles. The van der Waals surface area contributed by atoms with Crippen LogP contribution in [0, 0.1) is 0 Å². The summed E-state index contributed by atoms with van der Waals surface area (Å²) in [4.78, 5) is 47.0. The summed E-state index contributed by atoms with van der Waals surface area (Å²) in [7, 11) is 0. The van der Waals surface area contributed by atoms with Gasteiger partial charge in [0.2, 0.25) is 0 Å². The fraction of sp³-hybridized carbons (Fsp3) is 0.208. The lowest BCUT2D eigenvalue weighted by Gasteiger charge is -2.07. The first-order valence-corrected chi connectivity index (χ1v) is 19.4. The van der Waals surface area contributed by atoms with Gasteiger partial charge in [-0.05, 0) is 139 Å². The molecule has 0 aliphatic heterocycles. The minimum atomic E-state index is -0.521. The lowest BCUT2D eigenvalue weighted by molar-refractivity contribution is -0.138. The second-order valence-electron chi connectivity index (χ2n) is 12.7. The summed E-state index contributed by atoms with van der Waals surface area (Å²) < 4.78 is 32.2. The monoisotopic (exact) mass is 812 g/mol. The van der Waals surface area contributed by atoms with Gasteiger partial charge in [-0.2, -0.15) is 10.2 Å². The second kappa shape index (κ2) is 25.8. The highest BCUT2D eigenvalue weighted by molar-refractivity contribution is 6.01. The zero-order chi connectivity index (χ0) is 42.8. The summed E-state index contributed by atoms with van der Waals surface area (Å²) >= 11 is 0. The summed E-state index contributed by atoms with van der Waals surface area (Å²) in [5.41, 5.74) is 3.95.